The summed E-state index contributed by atoms with van der Waals surface area (Å²) in [5, 5.41) is 0. The third kappa shape index (κ3) is 2.05. The summed E-state index contributed by atoms with van der Waals surface area (Å²) in [5.74, 6) is 0.181. The van der Waals surface area contributed by atoms with Crippen LogP contribution >= 0.6 is 0 Å². The van der Waals surface area contributed by atoms with Crippen molar-refractivity contribution < 1.29 is 9.53 Å². The third-order valence-electron chi connectivity index (χ3n) is 3.53. The van der Waals surface area contributed by atoms with Gasteiger partial charge in [0.1, 0.15) is 0 Å². The van der Waals surface area contributed by atoms with Crippen LogP contribution in [0, 0.1) is 20.8 Å². The summed E-state index contributed by atoms with van der Waals surface area (Å²) in [5.41, 5.74) is 4.13. The summed E-state index contributed by atoms with van der Waals surface area (Å²) in [7, 11) is 0. The van der Waals surface area contributed by atoms with Crippen LogP contribution in [0.25, 0.3) is 0 Å². The minimum Gasteiger partial charge on any atom is -0.378 e. The smallest absolute Gasteiger partial charge is 0.181 e. The standard InChI is InChI=1S/C13H19NO2/c1-8-9(2)13(14-10(8)3)12(15)7-11-5-4-6-16-11/h11,14H,4-7H2,1-3H3. The van der Waals surface area contributed by atoms with Gasteiger partial charge in [-0.25, -0.2) is 0 Å². The second-order valence-electron chi connectivity index (χ2n) is 4.64. The Bertz CT molecular complexity index is 400. The lowest BCUT2D eigenvalue weighted by molar-refractivity contribution is 0.0771. The Morgan fingerprint density at radius 2 is 2.12 bits per heavy atom. The van der Waals surface area contributed by atoms with Crippen molar-refractivity contribution in [2.75, 3.05) is 6.61 Å². The lowest BCUT2D eigenvalue weighted by atomic mass is 10.0. The Morgan fingerprint density at radius 1 is 1.38 bits per heavy atom. The summed E-state index contributed by atoms with van der Waals surface area (Å²) < 4.78 is 5.49. The quantitative estimate of drug-likeness (QED) is 0.797. The molecule has 0 spiro atoms. The Morgan fingerprint density at radius 3 is 2.62 bits per heavy atom. The molecule has 0 aliphatic carbocycles. The van der Waals surface area contributed by atoms with Crippen LogP contribution in [-0.2, 0) is 4.74 Å². The van der Waals surface area contributed by atoms with Gasteiger partial charge in [0.05, 0.1) is 11.8 Å². The summed E-state index contributed by atoms with van der Waals surface area (Å²) in [6.07, 6.45) is 2.75. The van der Waals surface area contributed by atoms with Gasteiger partial charge in [0.25, 0.3) is 0 Å². The van der Waals surface area contributed by atoms with Crippen LogP contribution in [0.5, 0.6) is 0 Å². The van der Waals surface area contributed by atoms with E-state index < -0.39 is 0 Å². The Kier molecular flexibility index (Phi) is 3.15. The van der Waals surface area contributed by atoms with Crippen LogP contribution in [0.1, 0.15) is 46.6 Å². The molecule has 1 aromatic heterocycles. The third-order valence-corrected chi connectivity index (χ3v) is 3.53. The van der Waals surface area contributed by atoms with E-state index in [4.69, 9.17) is 4.74 Å². The van der Waals surface area contributed by atoms with Gasteiger partial charge in [0.15, 0.2) is 5.78 Å². The molecule has 3 heteroatoms. The fourth-order valence-corrected chi connectivity index (χ4v) is 2.24. The number of ether oxygens (including phenoxy) is 1. The van der Waals surface area contributed by atoms with Crippen molar-refractivity contribution in [2.45, 2.75) is 46.1 Å². The van der Waals surface area contributed by atoms with Crippen LogP contribution in [-0.4, -0.2) is 23.5 Å². The first-order chi connectivity index (χ1) is 7.59. The van der Waals surface area contributed by atoms with Crippen molar-refractivity contribution >= 4 is 5.78 Å². The molecule has 2 heterocycles. The van der Waals surface area contributed by atoms with Gasteiger partial charge in [0.2, 0.25) is 0 Å². The lowest BCUT2D eigenvalue weighted by Crippen LogP contribution is -2.13. The molecular weight excluding hydrogens is 202 g/mol. The first-order valence-electron chi connectivity index (χ1n) is 5.90. The molecule has 0 bridgehead atoms. The van der Waals surface area contributed by atoms with E-state index >= 15 is 0 Å². The van der Waals surface area contributed by atoms with Crippen molar-refractivity contribution in [3.8, 4) is 0 Å². The maximum Gasteiger partial charge on any atom is 0.181 e. The summed E-state index contributed by atoms with van der Waals surface area (Å²) in [6, 6.07) is 0. The number of rotatable bonds is 3. The molecule has 1 atom stereocenters. The lowest BCUT2D eigenvalue weighted by Gasteiger charge is -2.07. The maximum atomic E-state index is 12.1. The minimum atomic E-state index is 0.135. The van der Waals surface area contributed by atoms with E-state index in [1.807, 2.05) is 20.8 Å². The molecule has 0 radical (unpaired) electrons. The molecule has 1 fully saturated rings. The van der Waals surface area contributed by atoms with Crippen LogP contribution in [0.4, 0.5) is 0 Å². The highest BCUT2D eigenvalue weighted by Crippen LogP contribution is 2.21. The number of hydrogen-bond acceptors (Lipinski definition) is 2. The molecule has 0 aromatic carbocycles. The summed E-state index contributed by atoms with van der Waals surface area (Å²) >= 11 is 0. The predicted molar refractivity (Wildman–Crippen MR) is 62.9 cm³/mol. The van der Waals surface area contributed by atoms with E-state index in [9.17, 15) is 4.79 Å². The zero-order valence-electron chi connectivity index (χ0n) is 10.2. The van der Waals surface area contributed by atoms with Gasteiger partial charge < -0.3 is 9.72 Å². The Labute approximate surface area is 96.2 Å². The summed E-state index contributed by atoms with van der Waals surface area (Å²) in [6.45, 7) is 6.86. The van der Waals surface area contributed by atoms with Crippen molar-refractivity contribution in [3.05, 3.63) is 22.5 Å². The molecule has 3 nitrogen and oxygen atoms in total. The monoisotopic (exact) mass is 221 g/mol. The molecule has 1 aromatic rings. The van der Waals surface area contributed by atoms with Crippen LogP contribution in [0.2, 0.25) is 0 Å². The number of carbonyl (C=O) groups excluding carboxylic acids is 1. The van der Waals surface area contributed by atoms with E-state index in [0.717, 1.165) is 36.4 Å². The first-order valence-corrected chi connectivity index (χ1v) is 5.90. The number of aromatic amines is 1. The van der Waals surface area contributed by atoms with Gasteiger partial charge in [-0.2, -0.15) is 0 Å². The fraction of sp³-hybridized carbons (Fsp3) is 0.615. The van der Waals surface area contributed by atoms with E-state index in [1.165, 1.54) is 5.56 Å². The molecule has 1 unspecified atom stereocenters. The normalized spacial score (nSPS) is 20.3. The van der Waals surface area contributed by atoms with Crippen molar-refractivity contribution in [2.24, 2.45) is 0 Å². The van der Waals surface area contributed by atoms with Gasteiger partial charge in [-0.3, -0.25) is 4.79 Å². The number of hydrogen-bond donors (Lipinski definition) is 1. The van der Waals surface area contributed by atoms with Crippen molar-refractivity contribution in [1.82, 2.24) is 4.98 Å². The minimum absolute atomic E-state index is 0.135. The number of H-pyrrole nitrogens is 1. The molecule has 2 rings (SSSR count). The fourth-order valence-electron chi connectivity index (χ4n) is 2.24. The highest BCUT2D eigenvalue weighted by atomic mass is 16.5. The zero-order chi connectivity index (χ0) is 11.7. The largest absolute Gasteiger partial charge is 0.378 e. The average molecular weight is 221 g/mol. The number of nitrogens with one attached hydrogen (secondary N) is 1. The first kappa shape index (κ1) is 11.4. The maximum absolute atomic E-state index is 12.1. The van der Waals surface area contributed by atoms with Crippen LogP contribution in [0.15, 0.2) is 0 Å². The van der Waals surface area contributed by atoms with E-state index in [-0.39, 0.29) is 11.9 Å². The zero-order valence-corrected chi connectivity index (χ0v) is 10.2. The van der Waals surface area contributed by atoms with E-state index in [2.05, 4.69) is 4.98 Å². The number of carbonyl (C=O) groups is 1. The van der Waals surface area contributed by atoms with Crippen LogP contribution < -0.4 is 0 Å². The molecule has 0 saturated carbocycles. The average Bonchev–Trinajstić information content (AvgIpc) is 2.83. The van der Waals surface area contributed by atoms with Gasteiger partial charge in [-0.05, 0) is 44.7 Å². The molecule has 1 aliphatic rings. The Balaban J connectivity index is 2.11. The van der Waals surface area contributed by atoms with Gasteiger partial charge in [-0.15, -0.1) is 0 Å². The topological polar surface area (TPSA) is 42.1 Å². The Hall–Kier alpha value is -1.09. The van der Waals surface area contributed by atoms with Gasteiger partial charge >= 0.3 is 0 Å². The number of Topliss-reactive ketones (excluding diaryl/α,β-unsaturated/α-hetero) is 1. The molecule has 88 valence electrons. The van der Waals surface area contributed by atoms with E-state index in [0.29, 0.717) is 6.42 Å². The molecule has 0 amide bonds. The molecular formula is C13H19NO2. The molecule has 1 N–H and O–H groups in total. The predicted octanol–water partition coefficient (Wildman–Crippen LogP) is 2.69. The SMILES string of the molecule is Cc1[nH]c(C(=O)CC2CCCO2)c(C)c1C. The van der Waals surface area contributed by atoms with Gasteiger partial charge in [-0.1, -0.05) is 0 Å². The molecule has 1 aliphatic heterocycles. The van der Waals surface area contributed by atoms with E-state index in [1.54, 1.807) is 0 Å². The number of aromatic nitrogens is 1. The number of aryl methyl sites for hydroxylation is 1. The molecule has 1 saturated heterocycles. The van der Waals surface area contributed by atoms with Crippen LogP contribution in [0.3, 0.4) is 0 Å². The second-order valence-corrected chi connectivity index (χ2v) is 4.64. The van der Waals surface area contributed by atoms with Crippen molar-refractivity contribution in [1.29, 1.82) is 0 Å². The van der Waals surface area contributed by atoms with Crippen molar-refractivity contribution in [3.63, 3.8) is 0 Å². The highest BCUT2D eigenvalue weighted by molar-refractivity contribution is 5.96. The molecule has 16 heavy (non-hydrogen) atoms. The summed E-state index contributed by atoms with van der Waals surface area (Å²) in [4.78, 5) is 15.3. The van der Waals surface area contributed by atoms with Gasteiger partial charge in [0, 0.05) is 18.7 Å². The number of ketones is 1. The second kappa shape index (κ2) is 4.42. The highest BCUT2D eigenvalue weighted by Gasteiger charge is 2.22.